The fourth-order valence-electron chi connectivity index (χ4n) is 1.91. The predicted octanol–water partition coefficient (Wildman–Crippen LogP) is 2.54. The largest absolute Gasteiger partial charge is 0.496 e. The van der Waals surface area contributed by atoms with Gasteiger partial charge in [-0.3, -0.25) is 4.79 Å². The van der Waals surface area contributed by atoms with Crippen LogP contribution >= 0.6 is 0 Å². The number of carbonyl (C=O) groups is 1. The average Bonchev–Trinajstić information content (AvgIpc) is 2.57. The van der Waals surface area contributed by atoms with Crippen LogP contribution < -0.4 is 19.5 Å². The molecule has 0 radical (unpaired) electrons. The first kappa shape index (κ1) is 16.6. The molecule has 2 rings (SSSR count). The Morgan fingerprint density at radius 1 is 1.04 bits per heavy atom. The Kier molecular flexibility index (Phi) is 5.80. The van der Waals surface area contributed by atoms with E-state index >= 15 is 0 Å². The number of amides is 1. The molecule has 0 atom stereocenters. The fraction of sp³-hybridized carbons (Fsp3) is 0.235. The summed E-state index contributed by atoms with van der Waals surface area (Å²) in [6.45, 7) is 0.0764. The summed E-state index contributed by atoms with van der Waals surface area (Å²) in [5, 5.41) is 2.66. The molecule has 0 bridgehead atoms. The molecule has 0 aliphatic rings. The van der Waals surface area contributed by atoms with Crippen LogP contribution in [0.1, 0.15) is 5.56 Å². The molecule has 0 aliphatic heterocycles. The van der Waals surface area contributed by atoms with E-state index in [4.69, 9.17) is 14.2 Å². The Morgan fingerprint density at radius 3 is 2.30 bits per heavy atom. The maximum absolute atomic E-state index is 13.0. The van der Waals surface area contributed by atoms with Crippen molar-refractivity contribution in [2.75, 3.05) is 20.8 Å². The highest BCUT2D eigenvalue weighted by Gasteiger charge is 2.06. The molecule has 122 valence electrons. The van der Waals surface area contributed by atoms with Crippen molar-refractivity contribution in [2.24, 2.45) is 0 Å². The molecule has 5 nitrogen and oxygen atoms in total. The van der Waals surface area contributed by atoms with Crippen LogP contribution in [0.4, 0.5) is 4.39 Å². The Balaban J connectivity index is 1.86. The molecule has 0 heterocycles. The van der Waals surface area contributed by atoms with Crippen LogP contribution in [0.2, 0.25) is 0 Å². The van der Waals surface area contributed by atoms with Gasteiger partial charge in [0.25, 0.3) is 5.91 Å². The summed E-state index contributed by atoms with van der Waals surface area (Å²) in [4.78, 5) is 11.8. The van der Waals surface area contributed by atoms with E-state index in [9.17, 15) is 9.18 Å². The molecule has 0 saturated carbocycles. The predicted molar refractivity (Wildman–Crippen MR) is 83.3 cm³/mol. The van der Waals surface area contributed by atoms with E-state index in [0.717, 1.165) is 0 Å². The van der Waals surface area contributed by atoms with Crippen molar-refractivity contribution >= 4 is 5.91 Å². The second-order valence-electron chi connectivity index (χ2n) is 4.74. The highest BCUT2D eigenvalue weighted by Crippen LogP contribution is 2.27. The van der Waals surface area contributed by atoms with Gasteiger partial charge < -0.3 is 19.5 Å². The van der Waals surface area contributed by atoms with Gasteiger partial charge in [0.2, 0.25) is 0 Å². The lowest BCUT2D eigenvalue weighted by molar-refractivity contribution is -0.123. The normalized spacial score (nSPS) is 10.0. The molecule has 1 amide bonds. The third kappa shape index (κ3) is 5.18. The van der Waals surface area contributed by atoms with Gasteiger partial charge in [-0.15, -0.1) is 0 Å². The number of hydrogen-bond donors (Lipinski definition) is 1. The fourth-order valence-corrected chi connectivity index (χ4v) is 1.91. The molecule has 6 heteroatoms. The summed E-state index contributed by atoms with van der Waals surface area (Å²) >= 11 is 0. The van der Waals surface area contributed by atoms with E-state index < -0.39 is 0 Å². The summed E-state index contributed by atoms with van der Waals surface area (Å²) in [6.07, 6.45) is 0. The minimum atomic E-state index is -0.337. The third-order valence-electron chi connectivity index (χ3n) is 3.07. The van der Waals surface area contributed by atoms with Crippen molar-refractivity contribution in [1.82, 2.24) is 5.32 Å². The summed E-state index contributed by atoms with van der Waals surface area (Å²) in [5.74, 6) is 0.952. The van der Waals surface area contributed by atoms with Crippen molar-refractivity contribution in [3.05, 3.63) is 53.8 Å². The highest BCUT2D eigenvalue weighted by molar-refractivity contribution is 5.77. The van der Waals surface area contributed by atoms with Crippen molar-refractivity contribution in [3.8, 4) is 17.2 Å². The van der Waals surface area contributed by atoms with Crippen molar-refractivity contribution in [1.29, 1.82) is 0 Å². The molecule has 0 fully saturated rings. The lowest BCUT2D eigenvalue weighted by atomic mass is 10.2. The third-order valence-corrected chi connectivity index (χ3v) is 3.07. The highest BCUT2D eigenvalue weighted by atomic mass is 19.1. The number of nitrogens with one attached hydrogen (secondary N) is 1. The first-order chi connectivity index (χ1) is 11.1. The van der Waals surface area contributed by atoms with Crippen molar-refractivity contribution in [3.63, 3.8) is 0 Å². The van der Waals surface area contributed by atoms with E-state index in [2.05, 4.69) is 5.32 Å². The molecule has 0 saturated heterocycles. The van der Waals surface area contributed by atoms with Gasteiger partial charge in [0.05, 0.1) is 14.2 Å². The van der Waals surface area contributed by atoms with Gasteiger partial charge in [0, 0.05) is 24.7 Å². The van der Waals surface area contributed by atoms with E-state index in [1.807, 2.05) is 0 Å². The Hall–Kier alpha value is -2.76. The van der Waals surface area contributed by atoms with Crippen LogP contribution in [0, 0.1) is 5.82 Å². The molecular formula is C17H18FNO4. The van der Waals surface area contributed by atoms with E-state index in [1.54, 1.807) is 30.3 Å². The number of halogens is 1. The Labute approximate surface area is 134 Å². The van der Waals surface area contributed by atoms with Gasteiger partial charge in [-0.25, -0.2) is 4.39 Å². The number of benzene rings is 2. The second-order valence-corrected chi connectivity index (χ2v) is 4.74. The molecular weight excluding hydrogens is 301 g/mol. The maximum Gasteiger partial charge on any atom is 0.258 e. The average molecular weight is 319 g/mol. The molecule has 2 aromatic carbocycles. The second kappa shape index (κ2) is 8.03. The molecule has 0 aromatic heterocycles. The van der Waals surface area contributed by atoms with Crippen LogP contribution in [0.3, 0.4) is 0 Å². The number of methoxy groups -OCH3 is 2. The summed E-state index contributed by atoms with van der Waals surface area (Å²) in [7, 11) is 3.06. The van der Waals surface area contributed by atoms with Crippen molar-refractivity contribution < 1.29 is 23.4 Å². The SMILES string of the molecule is COc1cc(OC)cc(OCC(=O)NCc2cccc(F)c2)c1. The summed E-state index contributed by atoms with van der Waals surface area (Å²) in [5.41, 5.74) is 0.682. The van der Waals surface area contributed by atoms with Gasteiger partial charge >= 0.3 is 0 Å². The maximum atomic E-state index is 13.0. The van der Waals surface area contributed by atoms with E-state index in [-0.39, 0.29) is 24.9 Å². The van der Waals surface area contributed by atoms with Gasteiger partial charge in [-0.05, 0) is 17.7 Å². The number of carbonyl (C=O) groups excluding carboxylic acids is 1. The Morgan fingerprint density at radius 2 is 1.70 bits per heavy atom. The molecule has 0 spiro atoms. The molecule has 23 heavy (non-hydrogen) atoms. The van der Waals surface area contributed by atoms with Gasteiger partial charge in [-0.1, -0.05) is 12.1 Å². The first-order valence-electron chi connectivity index (χ1n) is 6.97. The van der Waals surface area contributed by atoms with E-state index in [0.29, 0.717) is 22.8 Å². The van der Waals surface area contributed by atoms with Crippen LogP contribution in [-0.2, 0) is 11.3 Å². The minimum Gasteiger partial charge on any atom is -0.496 e. The van der Waals surface area contributed by atoms with Crippen LogP contribution in [0.15, 0.2) is 42.5 Å². The number of ether oxygens (including phenoxy) is 3. The standard InChI is InChI=1S/C17H18FNO4/c1-21-14-7-15(22-2)9-16(8-14)23-11-17(20)19-10-12-4-3-5-13(18)6-12/h3-9H,10-11H2,1-2H3,(H,19,20). The summed E-state index contributed by atoms with van der Waals surface area (Å²) < 4.78 is 28.7. The van der Waals surface area contributed by atoms with Crippen molar-refractivity contribution in [2.45, 2.75) is 6.54 Å². The molecule has 0 unspecified atom stereocenters. The Bertz CT molecular complexity index is 653. The minimum absolute atomic E-state index is 0.161. The zero-order valence-electron chi connectivity index (χ0n) is 13.0. The first-order valence-corrected chi connectivity index (χ1v) is 6.97. The van der Waals surface area contributed by atoms with Crippen LogP contribution in [0.5, 0.6) is 17.2 Å². The van der Waals surface area contributed by atoms with Gasteiger partial charge in [-0.2, -0.15) is 0 Å². The van der Waals surface area contributed by atoms with Crippen LogP contribution in [-0.4, -0.2) is 26.7 Å². The van der Waals surface area contributed by atoms with Gasteiger partial charge in [0.15, 0.2) is 6.61 Å². The van der Waals surface area contributed by atoms with Crippen LogP contribution in [0.25, 0.3) is 0 Å². The monoisotopic (exact) mass is 319 g/mol. The van der Waals surface area contributed by atoms with Gasteiger partial charge in [0.1, 0.15) is 23.1 Å². The lowest BCUT2D eigenvalue weighted by Crippen LogP contribution is -2.28. The smallest absolute Gasteiger partial charge is 0.258 e. The lowest BCUT2D eigenvalue weighted by Gasteiger charge is -2.10. The number of rotatable bonds is 7. The topological polar surface area (TPSA) is 56.8 Å². The quantitative estimate of drug-likeness (QED) is 0.852. The molecule has 2 aromatic rings. The molecule has 0 aliphatic carbocycles. The molecule has 1 N–H and O–H groups in total. The zero-order valence-corrected chi connectivity index (χ0v) is 13.0. The van der Waals surface area contributed by atoms with E-state index in [1.165, 1.54) is 26.4 Å². The number of hydrogen-bond acceptors (Lipinski definition) is 4. The summed E-state index contributed by atoms with van der Waals surface area (Å²) in [6, 6.07) is 11.1. The zero-order chi connectivity index (χ0) is 16.7.